The molecule has 4 rings (SSSR count). The largest absolute Gasteiger partial charge is 0.497 e. The van der Waals surface area contributed by atoms with E-state index in [9.17, 15) is 9.18 Å². The summed E-state index contributed by atoms with van der Waals surface area (Å²) in [4.78, 5) is 12.9. The molecule has 1 atom stereocenters. The molecule has 2 N–H and O–H groups in total. The molecule has 0 aromatic heterocycles. The second-order valence-electron chi connectivity index (χ2n) is 8.19. The van der Waals surface area contributed by atoms with Crippen LogP contribution >= 0.6 is 0 Å². The topological polar surface area (TPSA) is 68.8 Å². The predicted molar refractivity (Wildman–Crippen MR) is 125 cm³/mol. The maximum absolute atomic E-state index is 13.6. The van der Waals surface area contributed by atoms with E-state index < -0.39 is 5.54 Å². The molecule has 0 saturated heterocycles. The molecule has 0 aliphatic carbocycles. The van der Waals surface area contributed by atoms with E-state index >= 15 is 0 Å². The average Bonchev–Trinajstić information content (AvgIpc) is 2.79. The number of carbonyl (C=O) groups excluding carboxylic acids is 1. The first-order chi connectivity index (χ1) is 15.9. The molecule has 3 aromatic rings. The van der Waals surface area contributed by atoms with E-state index in [1.54, 1.807) is 32.4 Å². The summed E-state index contributed by atoms with van der Waals surface area (Å²) in [6.07, 6.45) is 1.00. The fourth-order valence-corrected chi connectivity index (χ4v) is 4.17. The maximum Gasteiger partial charge on any atom is 0.226 e. The quantitative estimate of drug-likeness (QED) is 0.529. The van der Waals surface area contributed by atoms with E-state index in [2.05, 4.69) is 10.6 Å². The van der Waals surface area contributed by atoms with Crippen molar-refractivity contribution in [3.8, 4) is 23.0 Å². The molecule has 0 bridgehead atoms. The molecule has 0 saturated carbocycles. The van der Waals surface area contributed by atoms with Gasteiger partial charge in [0.15, 0.2) is 11.5 Å². The third-order valence-electron chi connectivity index (χ3n) is 5.78. The van der Waals surface area contributed by atoms with Gasteiger partial charge in [-0.15, -0.1) is 0 Å². The summed E-state index contributed by atoms with van der Waals surface area (Å²) in [5, 5.41) is 6.43. The zero-order valence-corrected chi connectivity index (χ0v) is 18.9. The number of fused-ring (bicyclic) bond motifs is 1. The van der Waals surface area contributed by atoms with Crippen LogP contribution in [0.2, 0.25) is 0 Å². The van der Waals surface area contributed by atoms with Gasteiger partial charge in [0.1, 0.15) is 17.3 Å². The summed E-state index contributed by atoms with van der Waals surface area (Å²) >= 11 is 0. The molecule has 6 nitrogen and oxygen atoms in total. The summed E-state index contributed by atoms with van der Waals surface area (Å²) in [7, 11) is 3.16. The van der Waals surface area contributed by atoms with Crippen molar-refractivity contribution < 1.29 is 23.4 Å². The van der Waals surface area contributed by atoms with Gasteiger partial charge in [-0.2, -0.15) is 0 Å². The number of rotatable bonds is 7. The Kier molecular flexibility index (Phi) is 6.51. The fraction of sp³-hybridized carbons (Fsp3) is 0.269. The molecule has 1 amide bonds. The van der Waals surface area contributed by atoms with Crippen LogP contribution in [0.15, 0.2) is 60.7 Å². The van der Waals surface area contributed by atoms with Crippen molar-refractivity contribution in [3.63, 3.8) is 0 Å². The van der Waals surface area contributed by atoms with Crippen molar-refractivity contribution in [3.05, 3.63) is 77.6 Å². The number of nitrogens with one attached hydrogen (secondary N) is 2. The molecule has 172 valence electrons. The number of methoxy groups -OCH3 is 2. The number of amides is 1. The molecule has 1 aliphatic rings. The molecule has 1 unspecified atom stereocenters. The second-order valence-corrected chi connectivity index (χ2v) is 8.19. The van der Waals surface area contributed by atoms with Crippen LogP contribution in [0, 0.1) is 5.82 Å². The Morgan fingerprint density at radius 2 is 1.82 bits per heavy atom. The lowest BCUT2D eigenvalue weighted by Gasteiger charge is -2.37. The molecular weight excluding hydrogens is 423 g/mol. The van der Waals surface area contributed by atoms with Crippen LogP contribution in [0.1, 0.15) is 24.5 Å². The van der Waals surface area contributed by atoms with Gasteiger partial charge in [-0.25, -0.2) is 4.39 Å². The third-order valence-corrected chi connectivity index (χ3v) is 5.78. The maximum atomic E-state index is 13.6. The number of halogens is 1. The summed E-state index contributed by atoms with van der Waals surface area (Å²) in [6.45, 7) is 2.72. The van der Waals surface area contributed by atoms with Crippen molar-refractivity contribution in [1.82, 2.24) is 5.32 Å². The number of ether oxygens (including phenoxy) is 3. The van der Waals surface area contributed by atoms with Gasteiger partial charge >= 0.3 is 0 Å². The van der Waals surface area contributed by atoms with Crippen LogP contribution < -0.4 is 24.8 Å². The normalized spacial score (nSPS) is 17.1. The Balaban J connectivity index is 1.61. The van der Waals surface area contributed by atoms with Gasteiger partial charge in [-0.05, 0) is 60.9 Å². The minimum absolute atomic E-state index is 0.130. The summed E-state index contributed by atoms with van der Waals surface area (Å²) in [5.74, 6) is 1.55. The smallest absolute Gasteiger partial charge is 0.226 e. The predicted octanol–water partition coefficient (Wildman–Crippen LogP) is 5.02. The number of benzene rings is 3. The highest BCUT2D eigenvalue weighted by molar-refractivity contribution is 5.92. The number of anilines is 1. The van der Waals surface area contributed by atoms with Crippen molar-refractivity contribution in [2.45, 2.75) is 25.3 Å². The highest BCUT2D eigenvalue weighted by Gasteiger charge is 2.35. The SMILES string of the molecule is COc1cccc(NC(=O)CC2(C)NCCc3cc(OC)c(Oc4cccc(F)c4)cc32)c1. The third kappa shape index (κ3) is 5.09. The average molecular weight is 451 g/mol. The van der Waals surface area contributed by atoms with Crippen molar-refractivity contribution in [2.75, 3.05) is 26.1 Å². The lowest BCUT2D eigenvalue weighted by Crippen LogP contribution is -2.47. The van der Waals surface area contributed by atoms with Crippen molar-refractivity contribution >= 4 is 11.6 Å². The van der Waals surface area contributed by atoms with Crippen LogP contribution in [-0.2, 0) is 16.8 Å². The molecule has 3 aromatic carbocycles. The number of hydrogen-bond donors (Lipinski definition) is 2. The molecule has 33 heavy (non-hydrogen) atoms. The second kappa shape index (κ2) is 9.50. The van der Waals surface area contributed by atoms with Crippen molar-refractivity contribution in [1.29, 1.82) is 0 Å². The van der Waals surface area contributed by atoms with Crippen LogP contribution in [0.25, 0.3) is 0 Å². The van der Waals surface area contributed by atoms with Gasteiger partial charge in [0.05, 0.1) is 14.2 Å². The molecule has 0 fully saturated rings. The molecule has 1 aliphatic heterocycles. The van der Waals surface area contributed by atoms with E-state index in [4.69, 9.17) is 14.2 Å². The first-order valence-electron chi connectivity index (χ1n) is 10.7. The Labute approximate surface area is 192 Å². The molecule has 1 heterocycles. The van der Waals surface area contributed by atoms with Gasteiger partial charge in [0, 0.05) is 36.3 Å². The van der Waals surface area contributed by atoms with Crippen LogP contribution in [-0.4, -0.2) is 26.7 Å². The highest BCUT2D eigenvalue weighted by atomic mass is 19.1. The summed E-state index contributed by atoms with van der Waals surface area (Å²) in [6, 6.07) is 17.0. The Bertz CT molecular complexity index is 1170. The number of hydrogen-bond acceptors (Lipinski definition) is 5. The van der Waals surface area contributed by atoms with E-state index in [-0.39, 0.29) is 18.1 Å². The minimum atomic E-state index is -0.622. The van der Waals surface area contributed by atoms with Gasteiger partial charge in [-0.3, -0.25) is 4.79 Å². The standard InChI is InChI=1S/C26H27FN2O4/c1-26(16-25(30)29-19-7-5-8-20(14-19)31-2)22-15-24(33-21-9-4-6-18(27)13-21)23(32-3)12-17(22)10-11-28-26/h4-9,12-15,28H,10-11,16H2,1-3H3,(H,29,30). The summed E-state index contributed by atoms with van der Waals surface area (Å²) in [5.41, 5.74) is 2.07. The first-order valence-corrected chi connectivity index (χ1v) is 10.7. The molecule has 0 spiro atoms. The van der Waals surface area contributed by atoms with Gasteiger partial charge in [-0.1, -0.05) is 12.1 Å². The summed E-state index contributed by atoms with van der Waals surface area (Å²) < 4.78 is 30.4. The molecule has 0 radical (unpaired) electrons. The van der Waals surface area contributed by atoms with Crippen LogP contribution in [0.5, 0.6) is 23.0 Å². The van der Waals surface area contributed by atoms with Gasteiger partial charge in [0.25, 0.3) is 0 Å². The Morgan fingerprint density at radius 3 is 2.58 bits per heavy atom. The molecule has 7 heteroatoms. The van der Waals surface area contributed by atoms with Gasteiger partial charge in [0.2, 0.25) is 5.91 Å². The Morgan fingerprint density at radius 1 is 1.03 bits per heavy atom. The highest BCUT2D eigenvalue weighted by Crippen LogP contribution is 2.41. The van der Waals surface area contributed by atoms with Crippen LogP contribution in [0.3, 0.4) is 0 Å². The number of carbonyl (C=O) groups is 1. The Hall–Kier alpha value is -3.58. The lowest BCUT2D eigenvalue weighted by atomic mass is 9.81. The van der Waals surface area contributed by atoms with E-state index in [0.29, 0.717) is 28.7 Å². The minimum Gasteiger partial charge on any atom is -0.497 e. The van der Waals surface area contributed by atoms with E-state index in [1.165, 1.54) is 12.1 Å². The fourth-order valence-electron chi connectivity index (χ4n) is 4.17. The zero-order valence-electron chi connectivity index (χ0n) is 18.9. The zero-order chi connectivity index (χ0) is 23.4. The van der Waals surface area contributed by atoms with E-state index in [1.807, 2.05) is 37.3 Å². The van der Waals surface area contributed by atoms with Gasteiger partial charge < -0.3 is 24.8 Å². The van der Waals surface area contributed by atoms with Crippen LogP contribution in [0.4, 0.5) is 10.1 Å². The van der Waals surface area contributed by atoms with Crippen molar-refractivity contribution in [2.24, 2.45) is 0 Å². The first kappa shape index (κ1) is 22.6. The monoisotopic (exact) mass is 450 g/mol. The van der Waals surface area contributed by atoms with E-state index in [0.717, 1.165) is 24.1 Å². The molecular formula is C26H27FN2O4. The lowest BCUT2D eigenvalue weighted by molar-refractivity contribution is -0.117.